The molecule has 1 heterocycles. The maximum atomic E-state index is 6.10. The molecule has 20 heavy (non-hydrogen) atoms. The minimum atomic E-state index is -0.0566. The number of rotatable bonds is 1. The van der Waals surface area contributed by atoms with Crippen molar-refractivity contribution in [1.29, 1.82) is 0 Å². The van der Waals surface area contributed by atoms with E-state index < -0.39 is 0 Å². The molecule has 3 nitrogen and oxygen atoms in total. The minimum Gasteiger partial charge on any atom is -0.383 e. The summed E-state index contributed by atoms with van der Waals surface area (Å²) in [5.74, 6) is 1.28. The van der Waals surface area contributed by atoms with E-state index in [4.69, 9.17) is 10.7 Å². The lowest BCUT2D eigenvalue weighted by molar-refractivity contribution is 0.564. The molecular weight excluding hydrogens is 361 g/mol. The van der Waals surface area contributed by atoms with Gasteiger partial charge in [-0.2, -0.15) is 0 Å². The van der Waals surface area contributed by atoms with Crippen LogP contribution in [0.15, 0.2) is 18.2 Å². The van der Waals surface area contributed by atoms with Gasteiger partial charge >= 0.3 is 0 Å². The van der Waals surface area contributed by atoms with Crippen molar-refractivity contribution < 1.29 is 0 Å². The van der Waals surface area contributed by atoms with Crippen molar-refractivity contribution >= 4 is 28.4 Å². The number of halogens is 1. The summed E-state index contributed by atoms with van der Waals surface area (Å²) < 4.78 is 0.949. The van der Waals surface area contributed by atoms with E-state index in [0.29, 0.717) is 5.82 Å². The molecule has 0 aliphatic carbocycles. The molecule has 1 aromatic carbocycles. The van der Waals surface area contributed by atoms with Crippen molar-refractivity contribution in [1.82, 2.24) is 9.97 Å². The summed E-state index contributed by atoms with van der Waals surface area (Å²) in [6.45, 7) is 10.6. The van der Waals surface area contributed by atoms with Gasteiger partial charge in [0.1, 0.15) is 5.82 Å². The number of nitrogen functional groups attached to an aromatic ring is 1. The first-order valence-electron chi connectivity index (χ1n) is 6.62. The summed E-state index contributed by atoms with van der Waals surface area (Å²) in [5, 5.41) is 0. The van der Waals surface area contributed by atoms with Crippen molar-refractivity contribution in [2.45, 2.75) is 40.0 Å². The van der Waals surface area contributed by atoms with Crippen LogP contribution in [0, 0.1) is 17.4 Å². The molecule has 0 bridgehead atoms. The Labute approximate surface area is 134 Å². The van der Waals surface area contributed by atoms with Gasteiger partial charge in [0.15, 0.2) is 5.82 Å². The van der Waals surface area contributed by atoms with E-state index in [1.807, 2.05) is 0 Å². The predicted molar refractivity (Wildman–Crippen MR) is 92.8 cm³/mol. The second-order valence-electron chi connectivity index (χ2n) is 6.11. The number of benzene rings is 1. The predicted octanol–water partition coefficient (Wildman–Crippen LogP) is 4.24. The van der Waals surface area contributed by atoms with Gasteiger partial charge in [-0.1, -0.05) is 39.0 Å². The SMILES string of the molecule is Cc1cccc(C)c1-c1nc(N)c(I)c(C(C)(C)C)n1. The third kappa shape index (κ3) is 2.80. The highest BCUT2D eigenvalue weighted by Gasteiger charge is 2.23. The first-order valence-corrected chi connectivity index (χ1v) is 7.69. The smallest absolute Gasteiger partial charge is 0.162 e. The first kappa shape index (κ1) is 15.2. The molecule has 0 amide bonds. The molecule has 0 unspecified atom stereocenters. The lowest BCUT2D eigenvalue weighted by Crippen LogP contribution is -2.18. The van der Waals surface area contributed by atoms with Gasteiger partial charge in [0, 0.05) is 11.0 Å². The fraction of sp³-hybridized carbons (Fsp3) is 0.375. The van der Waals surface area contributed by atoms with Crippen LogP contribution in [0.4, 0.5) is 5.82 Å². The minimum absolute atomic E-state index is 0.0566. The van der Waals surface area contributed by atoms with E-state index in [9.17, 15) is 0 Å². The van der Waals surface area contributed by atoms with Crippen LogP contribution in [0.2, 0.25) is 0 Å². The highest BCUT2D eigenvalue weighted by atomic mass is 127. The van der Waals surface area contributed by atoms with Gasteiger partial charge in [-0.05, 0) is 47.6 Å². The highest BCUT2D eigenvalue weighted by Crippen LogP contribution is 2.32. The van der Waals surface area contributed by atoms with E-state index in [-0.39, 0.29) is 5.41 Å². The molecule has 2 aromatic rings. The standard InChI is InChI=1S/C16H20IN3/c1-9-7-6-8-10(2)11(9)15-19-13(16(3,4)5)12(17)14(18)20-15/h6-8H,1-5H3,(H2,18,19,20). The number of aryl methyl sites for hydroxylation is 2. The number of hydrogen-bond donors (Lipinski definition) is 1. The summed E-state index contributed by atoms with van der Waals surface area (Å²) >= 11 is 2.23. The van der Waals surface area contributed by atoms with E-state index >= 15 is 0 Å². The van der Waals surface area contributed by atoms with Crippen LogP contribution in [-0.2, 0) is 5.41 Å². The van der Waals surface area contributed by atoms with Crippen molar-refractivity contribution in [3.8, 4) is 11.4 Å². The molecular formula is C16H20IN3. The van der Waals surface area contributed by atoms with E-state index in [1.54, 1.807) is 0 Å². The first-order chi connectivity index (χ1) is 9.21. The molecule has 1 aromatic heterocycles. The molecule has 0 saturated heterocycles. The van der Waals surface area contributed by atoms with Gasteiger partial charge in [0.25, 0.3) is 0 Å². The molecule has 0 aliphatic heterocycles. The Bertz CT molecular complexity index is 637. The molecule has 2 N–H and O–H groups in total. The van der Waals surface area contributed by atoms with Gasteiger partial charge in [0.05, 0.1) is 9.26 Å². The summed E-state index contributed by atoms with van der Waals surface area (Å²) in [7, 11) is 0. The second kappa shape index (κ2) is 5.31. The fourth-order valence-corrected chi connectivity index (χ4v) is 3.29. The topological polar surface area (TPSA) is 51.8 Å². The number of aromatic nitrogens is 2. The number of anilines is 1. The number of nitrogens with two attached hydrogens (primary N) is 1. The van der Waals surface area contributed by atoms with Crippen molar-refractivity contribution in [2.75, 3.05) is 5.73 Å². The van der Waals surface area contributed by atoms with Crippen molar-refractivity contribution in [2.24, 2.45) is 0 Å². The van der Waals surface area contributed by atoms with Crippen LogP contribution in [0.5, 0.6) is 0 Å². The Kier molecular flexibility index (Phi) is 4.04. The third-order valence-electron chi connectivity index (χ3n) is 3.29. The summed E-state index contributed by atoms with van der Waals surface area (Å²) in [6.07, 6.45) is 0. The van der Waals surface area contributed by atoms with E-state index in [0.717, 1.165) is 20.7 Å². The van der Waals surface area contributed by atoms with Crippen LogP contribution in [-0.4, -0.2) is 9.97 Å². The van der Waals surface area contributed by atoms with Gasteiger partial charge < -0.3 is 5.73 Å². The highest BCUT2D eigenvalue weighted by molar-refractivity contribution is 14.1. The molecule has 0 atom stereocenters. The van der Waals surface area contributed by atoms with Crippen LogP contribution in [0.3, 0.4) is 0 Å². The molecule has 4 heteroatoms. The molecule has 0 aliphatic rings. The van der Waals surface area contributed by atoms with Crippen LogP contribution in [0.25, 0.3) is 11.4 Å². The number of nitrogens with zero attached hydrogens (tertiary/aromatic N) is 2. The maximum absolute atomic E-state index is 6.10. The largest absolute Gasteiger partial charge is 0.383 e. The molecule has 106 valence electrons. The van der Waals surface area contributed by atoms with Gasteiger partial charge in [-0.15, -0.1) is 0 Å². The maximum Gasteiger partial charge on any atom is 0.162 e. The van der Waals surface area contributed by atoms with Crippen LogP contribution in [0.1, 0.15) is 37.6 Å². The molecule has 0 radical (unpaired) electrons. The molecule has 2 rings (SSSR count). The Hall–Kier alpha value is -1.17. The summed E-state index contributed by atoms with van der Waals surface area (Å²) in [6, 6.07) is 6.21. The third-order valence-corrected chi connectivity index (χ3v) is 4.36. The fourth-order valence-electron chi connectivity index (χ4n) is 2.24. The average Bonchev–Trinajstić information content (AvgIpc) is 2.31. The van der Waals surface area contributed by atoms with E-state index in [2.05, 4.69) is 80.4 Å². The second-order valence-corrected chi connectivity index (χ2v) is 7.19. The van der Waals surface area contributed by atoms with Gasteiger partial charge in [0.2, 0.25) is 0 Å². The Morgan fingerprint density at radius 3 is 2.10 bits per heavy atom. The Morgan fingerprint density at radius 1 is 1.05 bits per heavy atom. The molecule has 0 saturated carbocycles. The normalized spacial score (nSPS) is 11.7. The lowest BCUT2D eigenvalue weighted by Gasteiger charge is -2.21. The Morgan fingerprint density at radius 2 is 1.60 bits per heavy atom. The van der Waals surface area contributed by atoms with Gasteiger partial charge in [-0.3, -0.25) is 0 Å². The van der Waals surface area contributed by atoms with Gasteiger partial charge in [-0.25, -0.2) is 9.97 Å². The average molecular weight is 381 g/mol. The summed E-state index contributed by atoms with van der Waals surface area (Å²) in [5.41, 5.74) is 10.5. The zero-order chi connectivity index (χ0) is 15.1. The molecule has 0 fully saturated rings. The molecule has 0 spiro atoms. The van der Waals surface area contributed by atoms with Crippen molar-refractivity contribution in [3.05, 3.63) is 38.6 Å². The summed E-state index contributed by atoms with van der Waals surface area (Å²) in [4.78, 5) is 9.30. The number of hydrogen-bond acceptors (Lipinski definition) is 3. The monoisotopic (exact) mass is 381 g/mol. The lowest BCUT2D eigenvalue weighted by atomic mass is 9.91. The zero-order valence-corrected chi connectivity index (χ0v) is 14.7. The Balaban J connectivity index is 2.74. The van der Waals surface area contributed by atoms with Crippen LogP contribution < -0.4 is 5.73 Å². The van der Waals surface area contributed by atoms with Crippen molar-refractivity contribution in [3.63, 3.8) is 0 Å². The van der Waals surface area contributed by atoms with E-state index in [1.165, 1.54) is 11.1 Å². The van der Waals surface area contributed by atoms with Crippen LogP contribution >= 0.6 is 22.6 Å². The quantitative estimate of drug-likeness (QED) is 0.752. The zero-order valence-electron chi connectivity index (χ0n) is 12.6.